The first kappa shape index (κ1) is 10.8. The summed E-state index contributed by atoms with van der Waals surface area (Å²) in [6.45, 7) is 0. The number of fused-ring (bicyclic) bond motifs is 5. The van der Waals surface area contributed by atoms with Gasteiger partial charge in [0, 0.05) is 0 Å². The molecule has 102 valence electrons. The van der Waals surface area contributed by atoms with E-state index < -0.39 is 0 Å². The van der Waals surface area contributed by atoms with E-state index in [9.17, 15) is 0 Å². The van der Waals surface area contributed by atoms with Crippen molar-refractivity contribution in [1.29, 1.82) is 0 Å². The van der Waals surface area contributed by atoms with E-state index in [4.69, 9.17) is 4.74 Å². The van der Waals surface area contributed by atoms with E-state index in [1.807, 2.05) is 0 Å². The number of hydrogen-bond donors (Lipinski definition) is 0. The molecule has 3 aromatic rings. The minimum Gasteiger partial charge on any atom is -0.359 e. The third kappa shape index (κ3) is 1.22. The van der Waals surface area contributed by atoms with Crippen LogP contribution in [0.25, 0.3) is 21.5 Å². The van der Waals surface area contributed by atoms with Crippen molar-refractivity contribution < 1.29 is 4.74 Å². The van der Waals surface area contributed by atoms with Gasteiger partial charge in [-0.25, -0.2) is 0 Å². The van der Waals surface area contributed by atoms with Gasteiger partial charge in [0.05, 0.1) is 0 Å². The van der Waals surface area contributed by atoms with Gasteiger partial charge in [-0.05, 0) is 69.5 Å². The molecule has 1 heterocycles. The fraction of sp³-hybridized carbons (Fsp3) is 0.300. The van der Waals surface area contributed by atoms with Crippen LogP contribution in [-0.2, 0) is 17.6 Å². The molecule has 0 amide bonds. The predicted molar refractivity (Wildman–Crippen MR) is 84.7 cm³/mol. The lowest BCUT2D eigenvalue weighted by molar-refractivity contribution is 0.380. The van der Waals surface area contributed by atoms with Gasteiger partial charge in [0.25, 0.3) is 0 Å². The lowest BCUT2D eigenvalue weighted by atomic mass is 9.80. The van der Waals surface area contributed by atoms with E-state index in [0.717, 1.165) is 0 Å². The number of aryl methyl sites for hydroxylation is 2. The molecule has 21 heavy (non-hydrogen) atoms. The molecule has 1 nitrogen and oxygen atoms in total. The van der Waals surface area contributed by atoms with Crippen molar-refractivity contribution in [3.8, 4) is 0 Å². The molecule has 0 saturated carbocycles. The Hall–Kier alpha value is -1.86. The van der Waals surface area contributed by atoms with Crippen LogP contribution in [0.15, 0.2) is 36.4 Å². The van der Waals surface area contributed by atoms with Crippen LogP contribution in [0.4, 0.5) is 0 Å². The molecule has 2 unspecified atom stereocenters. The maximum Gasteiger partial charge on any atom is 0.114 e. The van der Waals surface area contributed by atoms with Crippen molar-refractivity contribution in [2.45, 2.75) is 37.9 Å². The summed E-state index contributed by atoms with van der Waals surface area (Å²) in [4.78, 5) is 0. The highest BCUT2D eigenvalue weighted by atomic mass is 16.6. The Morgan fingerprint density at radius 3 is 2.76 bits per heavy atom. The maximum atomic E-state index is 6.03. The van der Waals surface area contributed by atoms with Crippen LogP contribution in [-0.4, -0.2) is 0 Å². The summed E-state index contributed by atoms with van der Waals surface area (Å²) >= 11 is 0. The van der Waals surface area contributed by atoms with Crippen molar-refractivity contribution in [1.82, 2.24) is 0 Å². The van der Waals surface area contributed by atoms with Crippen LogP contribution in [0.2, 0.25) is 0 Å². The molecular formula is C20H16O. The van der Waals surface area contributed by atoms with Crippen LogP contribution in [0, 0.1) is 0 Å². The van der Waals surface area contributed by atoms with Gasteiger partial charge in [0.1, 0.15) is 12.2 Å². The monoisotopic (exact) mass is 272 g/mol. The van der Waals surface area contributed by atoms with Crippen LogP contribution < -0.4 is 0 Å². The van der Waals surface area contributed by atoms with Gasteiger partial charge in [0.2, 0.25) is 0 Å². The molecule has 3 aliphatic rings. The number of benzene rings is 3. The van der Waals surface area contributed by atoms with Crippen LogP contribution in [0.3, 0.4) is 0 Å². The zero-order chi connectivity index (χ0) is 13.6. The van der Waals surface area contributed by atoms with Crippen LogP contribution in [0.5, 0.6) is 0 Å². The molecule has 1 saturated heterocycles. The van der Waals surface area contributed by atoms with Crippen molar-refractivity contribution in [2.75, 3.05) is 0 Å². The Morgan fingerprint density at radius 1 is 0.857 bits per heavy atom. The Labute approximate surface area is 123 Å². The van der Waals surface area contributed by atoms with E-state index in [1.54, 1.807) is 11.1 Å². The normalized spacial score (nSPS) is 25.1. The summed E-state index contributed by atoms with van der Waals surface area (Å²) in [6, 6.07) is 13.8. The summed E-state index contributed by atoms with van der Waals surface area (Å²) in [5.41, 5.74) is 6.05. The van der Waals surface area contributed by atoms with Crippen molar-refractivity contribution in [3.05, 3.63) is 58.7 Å². The summed E-state index contributed by atoms with van der Waals surface area (Å²) in [6.07, 6.45) is 5.80. The third-order valence-electron chi connectivity index (χ3n) is 5.64. The zero-order valence-corrected chi connectivity index (χ0v) is 11.9. The summed E-state index contributed by atoms with van der Waals surface area (Å²) in [5.74, 6) is 0. The second kappa shape index (κ2) is 3.48. The number of epoxide rings is 1. The van der Waals surface area contributed by atoms with E-state index in [1.165, 1.54) is 58.4 Å². The molecule has 6 rings (SSSR count). The largest absolute Gasteiger partial charge is 0.359 e. The first-order chi connectivity index (χ1) is 10.4. The number of hydrogen-bond acceptors (Lipinski definition) is 1. The maximum absolute atomic E-state index is 6.03. The Bertz CT molecular complexity index is 938. The van der Waals surface area contributed by atoms with Gasteiger partial charge in [-0.1, -0.05) is 36.4 Å². The Morgan fingerprint density at radius 2 is 1.76 bits per heavy atom. The highest BCUT2D eigenvalue weighted by molar-refractivity contribution is 6.13. The molecular weight excluding hydrogens is 256 g/mol. The molecule has 0 aromatic heterocycles. The van der Waals surface area contributed by atoms with Gasteiger partial charge in [-0.15, -0.1) is 0 Å². The number of ether oxygens (including phenoxy) is 1. The lowest BCUT2D eigenvalue weighted by Crippen LogP contribution is -2.07. The van der Waals surface area contributed by atoms with Gasteiger partial charge in [-0.2, -0.15) is 0 Å². The minimum absolute atomic E-state index is 0.313. The van der Waals surface area contributed by atoms with E-state index in [0.29, 0.717) is 12.2 Å². The van der Waals surface area contributed by atoms with Gasteiger partial charge >= 0.3 is 0 Å². The molecule has 0 N–H and O–H groups in total. The average molecular weight is 272 g/mol. The lowest BCUT2D eigenvalue weighted by Gasteiger charge is -2.23. The molecule has 0 radical (unpaired) electrons. The smallest absolute Gasteiger partial charge is 0.114 e. The van der Waals surface area contributed by atoms with E-state index in [-0.39, 0.29) is 0 Å². The van der Waals surface area contributed by atoms with Crippen molar-refractivity contribution in [2.24, 2.45) is 0 Å². The van der Waals surface area contributed by atoms with E-state index >= 15 is 0 Å². The van der Waals surface area contributed by atoms with Crippen LogP contribution in [0.1, 0.15) is 47.3 Å². The molecule has 1 heteroatoms. The van der Waals surface area contributed by atoms with Crippen LogP contribution >= 0.6 is 0 Å². The van der Waals surface area contributed by atoms with E-state index in [2.05, 4.69) is 36.4 Å². The second-order valence-corrected chi connectivity index (χ2v) is 6.72. The summed E-state index contributed by atoms with van der Waals surface area (Å²) in [5, 5.41) is 5.81. The molecule has 2 atom stereocenters. The molecule has 1 fully saturated rings. The van der Waals surface area contributed by atoms with Gasteiger partial charge in [0.15, 0.2) is 0 Å². The average Bonchev–Trinajstić information content (AvgIpc) is 3.34. The SMILES string of the molecule is c1cc2c3c(c1)ccc1c4c(cc(c13)C1OC21)CCCC4. The second-order valence-electron chi connectivity index (χ2n) is 6.72. The summed E-state index contributed by atoms with van der Waals surface area (Å²) in [7, 11) is 0. The van der Waals surface area contributed by atoms with Crippen molar-refractivity contribution >= 4 is 21.5 Å². The first-order valence-corrected chi connectivity index (χ1v) is 8.07. The fourth-order valence-corrected chi connectivity index (χ4v) is 4.66. The van der Waals surface area contributed by atoms with Crippen molar-refractivity contribution in [3.63, 3.8) is 0 Å². The number of rotatable bonds is 0. The summed E-state index contributed by atoms with van der Waals surface area (Å²) < 4.78 is 6.03. The quantitative estimate of drug-likeness (QED) is 0.414. The zero-order valence-electron chi connectivity index (χ0n) is 11.9. The fourth-order valence-electron chi connectivity index (χ4n) is 4.66. The first-order valence-electron chi connectivity index (χ1n) is 8.07. The molecule has 3 aromatic carbocycles. The Balaban J connectivity index is 1.89. The van der Waals surface area contributed by atoms with Gasteiger partial charge < -0.3 is 4.74 Å². The third-order valence-corrected chi connectivity index (χ3v) is 5.64. The Kier molecular flexibility index (Phi) is 1.79. The molecule has 0 bridgehead atoms. The highest BCUT2D eigenvalue weighted by Gasteiger charge is 2.46. The topological polar surface area (TPSA) is 12.5 Å². The highest BCUT2D eigenvalue weighted by Crippen LogP contribution is 2.59. The standard InChI is InChI=1S/C20H16O/c1-2-6-13-12(4-1)10-16-18-14(13)9-8-11-5-3-7-15(17(11)18)19-20(16)21-19/h3,5,7-10,19-20H,1-2,4,6H2. The molecule has 1 aliphatic heterocycles. The van der Waals surface area contributed by atoms with Gasteiger partial charge in [-0.3, -0.25) is 0 Å². The molecule has 2 aliphatic carbocycles. The minimum atomic E-state index is 0.313. The molecule has 0 spiro atoms. The predicted octanol–water partition coefficient (Wildman–Crippen LogP) is 5.00.